The minimum atomic E-state index is -0.0959. The van der Waals surface area contributed by atoms with Gasteiger partial charge in [0.05, 0.1) is 0 Å². The van der Waals surface area contributed by atoms with Crippen molar-refractivity contribution in [2.24, 2.45) is 0 Å². The Balaban J connectivity index is 1.35. The predicted molar refractivity (Wildman–Crippen MR) is 136 cm³/mol. The summed E-state index contributed by atoms with van der Waals surface area (Å²) >= 11 is 6.11. The molecule has 5 heteroatoms. The molecule has 0 atom stereocenters. The molecule has 2 aliphatic rings. The molecular weight excluding hydrogens is 430 g/mol. The smallest absolute Gasteiger partial charge is 0.307 e. The van der Waals surface area contributed by atoms with Crippen LogP contribution in [0.5, 0.6) is 0 Å². The molecule has 0 bridgehead atoms. The summed E-state index contributed by atoms with van der Waals surface area (Å²) in [4.78, 5) is 17.8. The lowest BCUT2D eigenvalue weighted by Gasteiger charge is -2.40. The summed E-state index contributed by atoms with van der Waals surface area (Å²) in [5, 5.41) is 3.65. The first kappa shape index (κ1) is 22.0. The Morgan fingerprint density at radius 3 is 2.48 bits per heavy atom. The van der Waals surface area contributed by atoms with Crippen molar-refractivity contribution in [2.75, 3.05) is 29.9 Å². The van der Waals surface area contributed by atoms with Crippen LogP contribution in [0.4, 0.5) is 16.2 Å². The first-order valence-corrected chi connectivity index (χ1v) is 12.0. The average molecular weight is 460 g/mol. The van der Waals surface area contributed by atoms with Gasteiger partial charge in [0.1, 0.15) is 0 Å². The van der Waals surface area contributed by atoms with Crippen molar-refractivity contribution < 1.29 is 4.79 Å². The van der Waals surface area contributed by atoms with Gasteiger partial charge in [0.2, 0.25) is 0 Å². The number of piperidine rings is 1. The number of rotatable bonds is 3. The molecule has 4 nitrogen and oxygen atoms in total. The third-order valence-electron chi connectivity index (χ3n) is 7.10. The molecule has 1 N–H and O–H groups in total. The lowest BCUT2D eigenvalue weighted by Crippen LogP contribution is -2.46. The van der Waals surface area contributed by atoms with Crippen LogP contribution in [-0.2, 0) is 12.0 Å². The number of aryl methyl sites for hydroxylation is 2. The minimum absolute atomic E-state index is 0.0101. The Morgan fingerprint density at radius 1 is 0.970 bits per heavy atom. The summed E-state index contributed by atoms with van der Waals surface area (Å²) in [6, 6.07) is 22.5. The van der Waals surface area contributed by atoms with Gasteiger partial charge in [0.15, 0.2) is 0 Å². The van der Waals surface area contributed by atoms with Crippen LogP contribution in [0.25, 0.3) is 0 Å². The van der Waals surface area contributed by atoms with Crippen LogP contribution in [0.15, 0.2) is 66.7 Å². The minimum Gasteiger partial charge on any atom is -0.307 e. The van der Waals surface area contributed by atoms with Crippen LogP contribution < -0.4 is 10.2 Å². The predicted octanol–water partition coefficient (Wildman–Crippen LogP) is 6.54. The third kappa shape index (κ3) is 4.50. The van der Waals surface area contributed by atoms with E-state index in [1.807, 2.05) is 23.1 Å². The molecule has 3 aromatic rings. The number of likely N-dealkylation sites (tertiary alicyclic amines) is 1. The highest BCUT2D eigenvalue weighted by molar-refractivity contribution is 6.30. The molecule has 5 rings (SSSR count). The standard InChI is InChI=1S/C28H30ClN3O/c1-20-5-3-6-22(15-20)18-31-13-11-28(12-14-31)19-32(26-10-9-21(2)16-25(26)28)27(33)30-24-8-4-7-23(29)17-24/h3-10,15-17H,11-14,18-19H2,1-2H3,(H,30,33). The normalized spacial score (nSPS) is 17.2. The van der Waals surface area contributed by atoms with Gasteiger partial charge in [-0.25, -0.2) is 4.79 Å². The molecule has 3 aromatic carbocycles. The van der Waals surface area contributed by atoms with Gasteiger partial charge in [-0.3, -0.25) is 9.80 Å². The zero-order valence-electron chi connectivity index (χ0n) is 19.3. The van der Waals surface area contributed by atoms with Gasteiger partial charge >= 0.3 is 6.03 Å². The van der Waals surface area contributed by atoms with E-state index in [0.717, 1.165) is 50.4 Å². The van der Waals surface area contributed by atoms with Gasteiger partial charge in [-0.1, -0.05) is 65.2 Å². The molecule has 0 saturated carbocycles. The van der Waals surface area contributed by atoms with E-state index >= 15 is 0 Å². The van der Waals surface area contributed by atoms with Gasteiger partial charge in [-0.15, -0.1) is 0 Å². The molecule has 1 fully saturated rings. The molecule has 1 saturated heterocycles. The van der Waals surface area contributed by atoms with Crippen LogP contribution in [0.3, 0.4) is 0 Å². The zero-order valence-corrected chi connectivity index (χ0v) is 20.0. The van der Waals surface area contributed by atoms with Gasteiger partial charge in [0, 0.05) is 34.9 Å². The van der Waals surface area contributed by atoms with Crippen molar-refractivity contribution in [1.29, 1.82) is 0 Å². The van der Waals surface area contributed by atoms with E-state index in [2.05, 4.69) is 66.5 Å². The molecule has 0 radical (unpaired) electrons. The number of carbonyl (C=O) groups excluding carboxylic acids is 1. The third-order valence-corrected chi connectivity index (χ3v) is 7.33. The number of urea groups is 1. The fourth-order valence-electron chi connectivity index (χ4n) is 5.36. The van der Waals surface area contributed by atoms with Crippen LogP contribution in [0, 0.1) is 13.8 Å². The first-order chi connectivity index (χ1) is 15.9. The molecule has 0 aromatic heterocycles. The Hall–Kier alpha value is -2.82. The van der Waals surface area contributed by atoms with E-state index in [4.69, 9.17) is 11.6 Å². The van der Waals surface area contributed by atoms with E-state index in [1.165, 1.54) is 22.3 Å². The molecule has 2 aliphatic heterocycles. The van der Waals surface area contributed by atoms with E-state index in [-0.39, 0.29) is 11.4 Å². The van der Waals surface area contributed by atoms with Gasteiger partial charge in [-0.05, 0) is 75.2 Å². The number of anilines is 2. The highest BCUT2D eigenvalue weighted by Crippen LogP contribution is 2.47. The Kier molecular flexibility index (Phi) is 5.90. The Morgan fingerprint density at radius 2 is 1.73 bits per heavy atom. The maximum absolute atomic E-state index is 13.3. The van der Waals surface area contributed by atoms with Crippen molar-refractivity contribution in [3.63, 3.8) is 0 Å². The molecule has 0 unspecified atom stereocenters. The van der Waals surface area contributed by atoms with E-state index < -0.39 is 0 Å². The second-order valence-corrected chi connectivity index (χ2v) is 10.0. The lowest BCUT2D eigenvalue weighted by atomic mass is 9.74. The number of hydrogen-bond acceptors (Lipinski definition) is 2. The van der Waals surface area contributed by atoms with Crippen molar-refractivity contribution >= 4 is 29.0 Å². The van der Waals surface area contributed by atoms with Crippen LogP contribution in [0.1, 0.15) is 35.1 Å². The highest BCUT2D eigenvalue weighted by Gasteiger charge is 2.46. The lowest BCUT2D eigenvalue weighted by molar-refractivity contribution is 0.160. The topological polar surface area (TPSA) is 35.6 Å². The molecule has 2 amide bonds. The summed E-state index contributed by atoms with van der Waals surface area (Å²) in [7, 11) is 0. The second-order valence-electron chi connectivity index (χ2n) is 9.59. The molecule has 170 valence electrons. The SMILES string of the molecule is Cc1cccc(CN2CCC3(CC2)CN(C(=O)Nc2cccc(Cl)c2)c2ccc(C)cc23)c1. The number of hydrogen-bond donors (Lipinski definition) is 1. The molecule has 1 spiro atoms. The summed E-state index contributed by atoms with van der Waals surface area (Å²) < 4.78 is 0. The summed E-state index contributed by atoms with van der Waals surface area (Å²) in [6.07, 6.45) is 2.10. The Labute approximate surface area is 201 Å². The van der Waals surface area contributed by atoms with Gasteiger partial charge in [0.25, 0.3) is 0 Å². The summed E-state index contributed by atoms with van der Waals surface area (Å²) in [6.45, 7) is 8.05. The molecule has 0 aliphatic carbocycles. The number of nitrogens with one attached hydrogen (secondary N) is 1. The number of nitrogens with zero attached hydrogens (tertiary/aromatic N) is 2. The fourth-order valence-corrected chi connectivity index (χ4v) is 5.55. The number of halogens is 1. The van der Waals surface area contributed by atoms with Gasteiger partial charge in [-0.2, -0.15) is 0 Å². The van der Waals surface area contributed by atoms with Gasteiger partial charge < -0.3 is 5.32 Å². The van der Waals surface area contributed by atoms with E-state index in [9.17, 15) is 4.79 Å². The number of fused-ring (bicyclic) bond motifs is 2. The van der Waals surface area contributed by atoms with Crippen molar-refractivity contribution in [3.05, 3.63) is 94.0 Å². The average Bonchev–Trinajstić information content (AvgIpc) is 3.09. The second kappa shape index (κ2) is 8.85. The number of amides is 2. The summed E-state index contributed by atoms with van der Waals surface area (Å²) in [5.41, 5.74) is 7.00. The monoisotopic (exact) mass is 459 g/mol. The summed E-state index contributed by atoms with van der Waals surface area (Å²) in [5.74, 6) is 0. The molecular formula is C28H30ClN3O. The first-order valence-electron chi connectivity index (χ1n) is 11.7. The van der Waals surface area contributed by atoms with Crippen molar-refractivity contribution in [3.8, 4) is 0 Å². The molecule has 33 heavy (non-hydrogen) atoms. The molecule has 2 heterocycles. The van der Waals surface area contributed by atoms with Crippen LogP contribution in [-0.4, -0.2) is 30.6 Å². The van der Waals surface area contributed by atoms with Crippen molar-refractivity contribution in [1.82, 2.24) is 4.90 Å². The quantitative estimate of drug-likeness (QED) is 0.482. The van der Waals surface area contributed by atoms with Crippen molar-refractivity contribution in [2.45, 2.75) is 38.6 Å². The number of benzene rings is 3. The number of carbonyl (C=O) groups is 1. The maximum Gasteiger partial charge on any atom is 0.326 e. The van der Waals surface area contributed by atoms with Crippen LogP contribution >= 0.6 is 11.6 Å². The van der Waals surface area contributed by atoms with Crippen LogP contribution in [0.2, 0.25) is 5.02 Å². The maximum atomic E-state index is 13.3. The largest absolute Gasteiger partial charge is 0.326 e. The fraction of sp³-hybridized carbons (Fsp3) is 0.321. The highest BCUT2D eigenvalue weighted by atomic mass is 35.5. The Bertz CT molecular complexity index is 1180. The van der Waals surface area contributed by atoms with E-state index in [0.29, 0.717) is 5.02 Å². The van der Waals surface area contributed by atoms with E-state index in [1.54, 1.807) is 6.07 Å². The zero-order chi connectivity index (χ0) is 23.0.